The monoisotopic (exact) mass is 186 g/mol. The highest BCUT2D eigenvalue weighted by atomic mass is 16.7. The van der Waals surface area contributed by atoms with Gasteiger partial charge in [-0.25, -0.2) is 0 Å². The van der Waals surface area contributed by atoms with Gasteiger partial charge in [0.25, 0.3) is 0 Å². The summed E-state index contributed by atoms with van der Waals surface area (Å²) in [6.45, 7) is 7.31. The standard InChI is InChI=1S/C10H18O3/c1-10(2,3)9-12-5-4-8(6-11)7-13-9/h6,8-9H,4-5,7H2,1-3H3. The molecule has 0 aromatic rings. The summed E-state index contributed by atoms with van der Waals surface area (Å²) in [4.78, 5) is 10.5. The van der Waals surface area contributed by atoms with Crippen molar-refractivity contribution in [1.82, 2.24) is 0 Å². The van der Waals surface area contributed by atoms with Crippen LogP contribution in [0.5, 0.6) is 0 Å². The number of aldehydes is 1. The fraction of sp³-hybridized carbons (Fsp3) is 0.900. The summed E-state index contributed by atoms with van der Waals surface area (Å²) in [6, 6.07) is 0. The lowest BCUT2D eigenvalue weighted by Gasteiger charge is -2.28. The first kappa shape index (κ1) is 10.7. The van der Waals surface area contributed by atoms with Crippen LogP contribution in [0.3, 0.4) is 0 Å². The van der Waals surface area contributed by atoms with Crippen LogP contribution in [0.4, 0.5) is 0 Å². The minimum Gasteiger partial charge on any atom is -0.352 e. The number of carbonyl (C=O) groups is 1. The second kappa shape index (κ2) is 4.20. The molecular formula is C10H18O3. The van der Waals surface area contributed by atoms with E-state index in [9.17, 15) is 4.79 Å². The molecule has 1 aliphatic heterocycles. The first-order chi connectivity index (χ1) is 6.04. The highest BCUT2D eigenvalue weighted by molar-refractivity contribution is 5.53. The van der Waals surface area contributed by atoms with Gasteiger partial charge in [0.05, 0.1) is 13.2 Å². The van der Waals surface area contributed by atoms with E-state index in [1.807, 2.05) is 0 Å². The molecule has 0 radical (unpaired) electrons. The summed E-state index contributed by atoms with van der Waals surface area (Å²) in [6.07, 6.45) is 1.54. The molecule has 76 valence electrons. The molecule has 13 heavy (non-hydrogen) atoms. The van der Waals surface area contributed by atoms with E-state index < -0.39 is 0 Å². The second-order valence-corrected chi connectivity index (χ2v) is 4.59. The molecule has 0 aromatic heterocycles. The van der Waals surface area contributed by atoms with Gasteiger partial charge in [-0.05, 0) is 6.42 Å². The molecule has 2 unspecified atom stereocenters. The Balaban J connectivity index is 2.49. The number of ether oxygens (including phenoxy) is 2. The fourth-order valence-electron chi connectivity index (χ4n) is 1.28. The summed E-state index contributed by atoms with van der Waals surface area (Å²) >= 11 is 0. The molecule has 0 bridgehead atoms. The van der Waals surface area contributed by atoms with Crippen LogP contribution in [0.2, 0.25) is 0 Å². The zero-order valence-electron chi connectivity index (χ0n) is 8.58. The summed E-state index contributed by atoms with van der Waals surface area (Å²) in [5.41, 5.74) is -0.0161. The van der Waals surface area contributed by atoms with Gasteiger partial charge in [-0.2, -0.15) is 0 Å². The SMILES string of the molecule is CC(C)(C)C1OCCC(C=O)CO1. The first-order valence-electron chi connectivity index (χ1n) is 4.72. The number of hydrogen-bond acceptors (Lipinski definition) is 3. The summed E-state index contributed by atoms with van der Waals surface area (Å²) in [5, 5.41) is 0. The fourth-order valence-corrected chi connectivity index (χ4v) is 1.28. The highest BCUT2D eigenvalue weighted by Gasteiger charge is 2.29. The molecule has 1 heterocycles. The van der Waals surface area contributed by atoms with E-state index in [2.05, 4.69) is 20.8 Å². The lowest BCUT2D eigenvalue weighted by molar-refractivity contribution is -0.182. The van der Waals surface area contributed by atoms with Gasteiger partial charge in [-0.3, -0.25) is 0 Å². The minimum absolute atomic E-state index is 0.00681. The van der Waals surface area contributed by atoms with Gasteiger partial charge in [0, 0.05) is 11.3 Å². The highest BCUT2D eigenvalue weighted by Crippen LogP contribution is 2.26. The predicted molar refractivity (Wildman–Crippen MR) is 49.3 cm³/mol. The molecule has 0 spiro atoms. The molecule has 3 heteroatoms. The molecule has 2 atom stereocenters. The maximum Gasteiger partial charge on any atom is 0.162 e. The van der Waals surface area contributed by atoms with Gasteiger partial charge in [0.15, 0.2) is 6.29 Å². The average Bonchev–Trinajstić information content (AvgIpc) is 2.26. The third kappa shape index (κ3) is 3.08. The Morgan fingerprint density at radius 3 is 2.54 bits per heavy atom. The van der Waals surface area contributed by atoms with Crippen LogP contribution in [0.1, 0.15) is 27.2 Å². The third-order valence-electron chi connectivity index (χ3n) is 2.12. The van der Waals surface area contributed by atoms with Crippen LogP contribution in [0, 0.1) is 11.3 Å². The quantitative estimate of drug-likeness (QED) is 0.584. The van der Waals surface area contributed by atoms with Crippen molar-refractivity contribution in [2.75, 3.05) is 13.2 Å². The minimum atomic E-state index is -0.183. The Kier molecular flexibility index (Phi) is 3.45. The molecule has 3 nitrogen and oxygen atoms in total. The van der Waals surface area contributed by atoms with Crippen LogP contribution in [-0.4, -0.2) is 25.8 Å². The van der Waals surface area contributed by atoms with Crippen molar-refractivity contribution in [3.05, 3.63) is 0 Å². The Morgan fingerprint density at radius 1 is 1.31 bits per heavy atom. The Labute approximate surface area is 79.4 Å². The molecule has 1 fully saturated rings. The first-order valence-corrected chi connectivity index (χ1v) is 4.72. The molecule has 0 aromatic carbocycles. The summed E-state index contributed by atoms with van der Waals surface area (Å²) < 4.78 is 11.0. The average molecular weight is 186 g/mol. The number of rotatable bonds is 1. The Bertz CT molecular complexity index is 171. The smallest absolute Gasteiger partial charge is 0.162 e. The third-order valence-corrected chi connectivity index (χ3v) is 2.12. The van der Waals surface area contributed by atoms with E-state index in [1.165, 1.54) is 0 Å². The zero-order chi connectivity index (χ0) is 9.90. The molecule has 0 aliphatic carbocycles. The van der Waals surface area contributed by atoms with E-state index in [1.54, 1.807) is 0 Å². The van der Waals surface area contributed by atoms with Gasteiger partial charge >= 0.3 is 0 Å². The molecular weight excluding hydrogens is 168 g/mol. The van der Waals surface area contributed by atoms with Crippen molar-refractivity contribution in [2.45, 2.75) is 33.5 Å². The Hall–Kier alpha value is -0.410. The Morgan fingerprint density at radius 2 is 2.00 bits per heavy atom. The van der Waals surface area contributed by atoms with Gasteiger partial charge < -0.3 is 14.3 Å². The topological polar surface area (TPSA) is 35.5 Å². The summed E-state index contributed by atoms with van der Waals surface area (Å²) in [7, 11) is 0. The van der Waals surface area contributed by atoms with Crippen molar-refractivity contribution >= 4 is 6.29 Å². The number of carbonyl (C=O) groups excluding carboxylic acids is 1. The van der Waals surface area contributed by atoms with Gasteiger partial charge in [0.2, 0.25) is 0 Å². The maximum absolute atomic E-state index is 10.5. The van der Waals surface area contributed by atoms with Crippen molar-refractivity contribution in [3.63, 3.8) is 0 Å². The van der Waals surface area contributed by atoms with Crippen LogP contribution < -0.4 is 0 Å². The van der Waals surface area contributed by atoms with E-state index in [-0.39, 0.29) is 17.6 Å². The second-order valence-electron chi connectivity index (χ2n) is 4.59. The molecule has 0 amide bonds. The molecule has 1 aliphatic rings. The number of hydrogen-bond donors (Lipinski definition) is 0. The largest absolute Gasteiger partial charge is 0.352 e. The van der Waals surface area contributed by atoms with Crippen molar-refractivity contribution in [2.24, 2.45) is 11.3 Å². The zero-order valence-corrected chi connectivity index (χ0v) is 8.58. The normalized spacial score (nSPS) is 31.0. The molecule has 0 saturated carbocycles. The van der Waals surface area contributed by atoms with Crippen LogP contribution >= 0.6 is 0 Å². The van der Waals surface area contributed by atoms with Crippen LogP contribution in [0.25, 0.3) is 0 Å². The van der Waals surface area contributed by atoms with E-state index >= 15 is 0 Å². The molecule has 1 saturated heterocycles. The molecule has 1 rings (SSSR count). The van der Waals surface area contributed by atoms with Gasteiger partial charge in [0.1, 0.15) is 6.29 Å². The van der Waals surface area contributed by atoms with Gasteiger partial charge in [-0.1, -0.05) is 20.8 Å². The predicted octanol–water partition coefficient (Wildman–Crippen LogP) is 1.61. The van der Waals surface area contributed by atoms with Gasteiger partial charge in [-0.15, -0.1) is 0 Å². The van der Waals surface area contributed by atoms with E-state index in [0.717, 1.165) is 12.7 Å². The maximum atomic E-state index is 10.5. The molecule has 0 N–H and O–H groups in total. The van der Waals surface area contributed by atoms with E-state index in [4.69, 9.17) is 9.47 Å². The summed E-state index contributed by atoms with van der Waals surface area (Å²) in [5.74, 6) is 0.00681. The van der Waals surface area contributed by atoms with Crippen molar-refractivity contribution < 1.29 is 14.3 Å². The van der Waals surface area contributed by atoms with Crippen molar-refractivity contribution in [3.8, 4) is 0 Å². The van der Waals surface area contributed by atoms with Crippen molar-refractivity contribution in [1.29, 1.82) is 0 Å². The van der Waals surface area contributed by atoms with Crippen LogP contribution in [0.15, 0.2) is 0 Å². The van der Waals surface area contributed by atoms with E-state index in [0.29, 0.717) is 13.2 Å². The van der Waals surface area contributed by atoms with Crippen LogP contribution in [-0.2, 0) is 14.3 Å². The lowest BCUT2D eigenvalue weighted by atomic mass is 9.96. The lowest BCUT2D eigenvalue weighted by Crippen LogP contribution is -2.31.